The molecule has 0 bridgehead atoms. The van der Waals surface area contributed by atoms with Gasteiger partial charge >= 0.3 is 0 Å². The second-order valence-electron chi connectivity index (χ2n) is 6.27. The summed E-state index contributed by atoms with van der Waals surface area (Å²) in [4.78, 5) is 12.3. The van der Waals surface area contributed by atoms with Gasteiger partial charge in [-0.3, -0.25) is 4.79 Å². The minimum atomic E-state index is -3.48. The van der Waals surface area contributed by atoms with Gasteiger partial charge < -0.3 is 5.32 Å². The minimum Gasteiger partial charge on any atom is -0.350 e. The molecule has 5 nitrogen and oxygen atoms in total. The Bertz CT molecular complexity index is 640. The van der Waals surface area contributed by atoms with E-state index in [1.165, 1.54) is 12.1 Å². The van der Waals surface area contributed by atoms with E-state index < -0.39 is 10.0 Å². The van der Waals surface area contributed by atoms with E-state index in [0.717, 1.165) is 25.7 Å². The molecule has 2 rings (SSSR count). The molecule has 1 N–H and O–H groups in total. The van der Waals surface area contributed by atoms with Crippen LogP contribution >= 0.6 is 0 Å². The van der Waals surface area contributed by atoms with Gasteiger partial charge in [0.1, 0.15) is 0 Å². The molecule has 1 fully saturated rings. The molecular weight excluding hydrogens is 312 g/mol. The second kappa shape index (κ2) is 7.45. The Balaban J connectivity index is 2.16. The Morgan fingerprint density at radius 1 is 1.30 bits per heavy atom. The van der Waals surface area contributed by atoms with Crippen LogP contribution in [0.5, 0.6) is 0 Å². The van der Waals surface area contributed by atoms with Gasteiger partial charge in [-0.1, -0.05) is 13.3 Å². The number of carbonyl (C=O) groups is 1. The highest BCUT2D eigenvalue weighted by Gasteiger charge is 2.30. The number of piperidine rings is 1. The van der Waals surface area contributed by atoms with Gasteiger partial charge in [-0.25, -0.2) is 8.42 Å². The molecule has 0 spiro atoms. The van der Waals surface area contributed by atoms with Crippen LogP contribution < -0.4 is 5.32 Å². The molecular formula is C17H26N2O3S. The molecule has 23 heavy (non-hydrogen) atoms. The smallest absolute Gasteiger partial charge is 0.251 e. The van der Waals surface area contributed by atoms with Gasteiger partial charge in [0, 0.05) is 24.2 Å². The maximum atomic E-state index is 12.7. The van der Waals surface area contributed by atoms with Crippen molar-refractivity contribution in [1.29, 1.82) is 0 Å². The second-order valence-corrected chi connectivity index (χ2v) is 8.16. The Morgan fingerprint density at radius 2 is 1.96 bits per heavy atom. The molecule has 2 atom stereocenters. The zero-order valence-electron chi connectivity index (χ0n) is 14.1. The van der Waals surface area contributed by atoms with E-state index in [0.29, 0.717) is 12.1 Å². The van der Waals surface area contributed by atoms with Gasteiger partial charge in [0.15, 0.2) is 0 Å². The van der Waals surface area contributed by atoms with Gasteiger partial charge in [0.05, 0.1) is 4.90 Å². The zero-order valence-corrected chi connectivity index (χ0v) is 14.9. The first-order valence-electron chi connectivity index (χ1n) is 8.29. The maximum absolute atomic E-state index is 12.7. The van der Waals surface area contributed by atoms with Crippen molar-refractivity contribution in [2.75, 3.05) is 6.54 Å². The molecule has 0 radical (unpaired) electrons. The van der Waals surface area contributed by atoms with Crippen molar-refractivity contribution in [3.05, 3.63) is 29.8 Å². The predicted molar refractivity (Wildman–Crippen MR) is 90.9 cm³/mol. The molecule has 1 aliphatic heterocycles. The maximum Gasteiger partial charge on any atom is 0.251 e. The van der Waals surface area contributed by atoms with Crippen molar-refractivity contribution in [2.45, 2.75) is 63.4 Å². The highest BCUT2D eigenvalue weighted by molar-refractivity contribution is 7.89. The highest BCUT2D eigenvalue weighted by Crippen LogP contribution is 2.25. The summed E-state index contributed by atoms with van der Waals surface area (Å²) in [6.45, 7) is 6.46. The molecule has 0 aliphatic carbocycles. The van der Waals surface area contributed by atoms with Crippen molar-refractivity contribution in [1.82, 2.24) is 9.62 Å². The van der Waals surface area contributed by atoms with Gasteiger partial charge in [0.25, 0.3) is 5.91 Å². The van der Waals surface area contributed by atoms with Crippen molar-refractivity contribution in [2.24, 2.45) is 0 Å². The average Bonchev–Trinajstić information content (AvgIpc) is 2.55. The third-order valence-electron chi connectivity index (χ3n) is 4.45. The predicted octanol–water partition coefficient (Wildman–Crippen LogP) is 2.78. The lowest BCUT2D eigenvalue weighted by Gasteiger charge is -2.32. The number of hydrogen-bond donors (Lipinski definition) is 1. The molecule has 128 valence electrons. The van der Waals surface area contributed by atoms with Crippen LogP contribution in [-0.4, -0.2) is 37.3 Å². The Hall–Kier alpha value is -1.40. The molecule has 1 aromatic rings. The lowest BCUT2D eigenvalue weighted by Crippen LogP contribution is -2.41. The van der Waals surface area contributed by atoms with Crippen LogP contribution in [0.15, 0.2) is 29.2 Å². The first-order chi connectivity index (χ1) is 10.9. The molecule has 1 aromatic carbocycles. The van der Waals surface area contributed by atoms with E-state index in [1.807, 2.05) is 20.8 Å². The summed E-state index contributed by atoms with van der Waals surface area (Å²) >= 11 is 0. The molecule has 0 saturated carbocycles. The summed E-state index contributed by atoms with van der Waals surface area (Å²) in [5, 5.41) is 2.88. The quantitative estimate of drug-likeness (QED) is 0.898. The Labute approximate surface area is 139 Å². The van der Waals surface area contributed by atoms with Crippen LogP contribution in [0.3, 0.4) is 0 Å². The normalized spacial score (nSPS) is 20.9. The SMILES string of the molecule is CCC(C)NC(=O)c1ccc(S(=O)(=O)N2CCCCC2C)cc1. The Kier molecular flexibility index (Phi) is 5.81. The summed E-state index contributed by atoms with van der Waals surface area (Å²) in [5.41, 5.74) is 0.482. The number of hydrogen-bond acceptors (Lipinski definition) is 3. The number of benzene rings is 1. The van der Waals surface area contributed by atoms with Crippen LogP contribution in [0.25, 0.3) is 0 Å². The summed E-state index contributed by atoms with van der Waals surface area (Å²) in [6, 6.07) is 6.35. The number of nitrogens with zero attached hydrogens (tertiary/aromatic N) is 1. The topological polar surface area (TPSA) is 66.5 Å². The van der Waals surface area contributed by atoms with E-state index in [-0.39, 0.29) is 22.9 Å². The zero-order chi connectivity index (χ0) is 17.0. The van der Waals surface area contributed by atoms with Crippen LogP contribution in [0.4, 0.5) is 0 Å². The number of rotatable bonds is 5. The van der Waals surface area contributed by atoms with Crippen molar-refractivity contribution in [3.63, 3.8) is 0 Å². The molecule has 1 amide bonds. The molecule has 6 heteroatoms. The highest BCUT2D eigenvalue weighted by atomic mass is 32.2. The van der Waals surface area contributed by atoms with Crippen LogP contribution in [0.1, 0.15) is 56.8 Å². The summed E-state index contributed by atoms with van der Waals surface area (Å²) in [6.07, 6.45) is 3.72. The summed E-state index contributed by atoms with van der Waals surface area (Å²) in [7, 11) is -3.48. The van der Waals surface area contributed by atoms with E-state index in [9.17, 15) is 13.2 Å². The fourth-order valence-electron chi connectivity index (χ4n) is 2.75. The standard InChI is InChI=1S/C17H26N2O3S/c1-4-13(2)18-17(20)15-8-10-16(11-9-15)23(21,22)19-12-6-5-7-14(19)3/h8-11,13-14H,4-7,12H2,1-3H3,(H,18,20). The molecule has 1 saturated heterocycles. The van der Waals surface area contributed by atoms with Gasteiger partial charge in [-0.15, -0.1) is 0 Å². The van der Waals surface area contributed by atoms with Gasteiger partial charge in [-0.2, -0.15) is 4.31 Å². The Morgan fingerprint density at radius 3 is 2.52 bits per heavy atom. The van der Waals surface area contributed by atoms with E-state index in [4.69, 9.17) is 0 Å². The monoisotopic (exact) mass is 338 g/mol. The fraction of sp³-hybridized carbons (Fsp3) is 0.588. The van der Waals surface area contributed by atoms with Crippen LogP contribution in [0.2, 0.25) is 0 Å². The van der Waals surface area contributed by atoms with Crippen molar-refractivity contribution >= 4 is 15.9 Å². The van der Waals surface area contributed by atoms with E-state index in [2.05, 4.69) is 5.32 Å². The minimum absolute atomic E-state index is 0.0297. The van der Waals surface area contributed by atoms with Crippen molar-refractivity contribution < 1.29 is 13.2 Å². The third-order valence-corrected chi connectivity index (χ3v) is 6.48. The van der Waals surface area contributed by atoms with Gasteiger partial charge in [-0.05, 0) is 57.4 Å². The number of amides is 1. The first-order valence-corrected chi connectivity index (χ1v) is 9.73. The lowest BCUT2D eigenvalue weighted by molar-refractivity contribution is 0.0939. The largest absolute Gasteiger partial charge is 0.350 e. The van der Waals surface area contributed by atoms with Crippen LogP contribution in [0, 0.1) is 0 Å². The molecule has 1 heterocycles. The van der Waals surface area contributed by atoms with E-state index >= 15 is 0 Å². The molecule has 0 aromatic heterocycles. The average molecular weight is 338 g/mol. The number of nitrogens with one attached hydrogen (secondary N) is 1. The summed E-state index contributed by atoms with van der Waals surface area (Å²) < 4.78 is 27.0. The van der Waals surface area contributed by atoms with E-state index in [1.54, 1.807) is 16.4 Å². The third kappa shape index (κ3) is 4.12. The fourth-order valence-corrected chi connectivity index (χ4v) is 4.45. The van der Waals surface area contributed by atoms with Gasteiger partial charge in [0.2, 0.25) is 10.0 Å². The summed E-state index contributed by atoms with van der Waals surface area (Å²) in [5.74, 6) is -0.172. The lowest BCUT2D eigenvalue weighted by atomic mass is 10.1. The van der Waals surface area contributed by atoms with Crippen molar-refractivity contribution in [3.8, 4) is 0 Å². The number of carbonyl (C=O) groups excluding carboxylic acids is 1. The molecule has 2 unspecified atom stereocenters. The molecule has 1 aliphatic rings. The number of sulfonamides is 1. The van der Waals surface area contributed by atoms with Crippen LogP contribution in [-0.2, 0) is 10.0 Å². The first kappa shape index (κ1) is 17.9.